The molecule has 3 rings (SSSR count). The maximum atomic E-state index is 12.4. The monoisotopic (exact) mass is 384 g/mol. The Morgan fingerprint density at radius 2 is 1.68 bits per heavy atom. The van der Waals surface area contributed by atoms with Crippen LogP contribution in [0.2, 0.25) is 0 Å². The lowest BCUT2D eigenvalue weighted by Crippen LogP contribution is -2.35. The summed E-state index contributed by atoms with van der Waals surface area (Å²) in [5.41, 5.74) is 1.68. The van der Waals surface area contributed by atoms with E-state index in [1.807, 2.05) is 31.2 Å². The molecule has 0 saturated carbocycles. The molecule has 3 amide bonds. The first-order chi connectivity index (χ1) is 13.4. The van der Waals surface area contributed by atoms with Crippen molar-refractivity contribution in [2.24, 2.45) is 11.8 Å². The summed E-state index contributed by atoms with van der Waals surface area (Å²) in [5, 5.41) is 2.68. The van der Waals surface area contributed by atoms with E-state index in [0.717, 1.165) is 10.5 Å². The smallest absolute Gasteiger partial charge is 0.308 e. The highest BCUT2D eigenvalue weighted by Crippen LogP contribution is 2.35. The van der Waals surface area contributed by atoms with Crippen LogP contribution in [0, 0.1) is 18.8 Å². The molecule has 3 atom stereocenters. The van der Waals surface area contributed by atoms with Gasteiger partial charge >= 0.3 is 5.97 Å². The van der Waals surface area contributed by atoms with Gasteiger partial charge in [-0.25, -0.2) is 0 Å². The van der Waals surface area contributed by atoms with Crippen molar-refractivity contribution in [1.29, 1.82) is 0 Å². The summed E-state index contributed by atoms with van der Waals surface area (Å²) in [6.45, 7) is 3.40. The number of esters is 1. The lowest BCUT2D eigenvalue weighted by molar-refractivity contribution is -0.154. The van der Waals surface area contributed by atoms with Gasteiger partial charge in [-0.2, -0.15) is 0 Å². The number of fused-ring (bicyclic) bond motifs is 1. The van der Waals surface area contributed by atoms with Gasteiger partial charge in [0.1, 0.15) is 0 Å². The molecule has 0 unspecified atom stereocenters. The van der Waals surface area contributed by atoms with Crippen LogP contribution in [0.4, 0.5) is 5.69 Å². The second-order valence-corrected chi connectivity index (χ2v) is 7.22. The molecule has 0 radical (unpaired) electrons. The first-order valence-corrected chi connectivity index (χ1v) is 9.44. The van der Waals surface area contributed by atoms with E-state index < -0.39 is 18.0 Å². The maximum Gasteiger partial charge on any atom is 0.308 e. The summed E-state index contributed by atoms with van der Waals surface area (Å²) in [4.78, 5) is 50.1. The number of hydrogen-bond acceptors (Lipinski definition) is 5. The van der Waals surface area contributed by atoms with Gasteiger partial charge in [0.15, 0.2) is 6.10 Å². The van der Waals surface area contributed by atoms with Gasteiger partial charge in [0.25, 0.3) is 5.91 Å². The summed E-state index contributed by atoms with van der Waals surface area (Å²) >= 11 is 0. The number of aryl methyl sites for hydroxylation is 1. The number of nitrogens with zero attached hydrogens (tertiary/aromatic N) is 1. The van der Waals surface area contributed by atoms with Gasteiger partial charge in [-0.05, 0) is 38.8 Å². The molecule has 1 aromatic rings. The molecule has 0 aromatic heterocycles. The first-order valence-electron chi connectivity index (χ1n) is 9.44. The molecule has 1 saturated heterocycles. The van der Waals surface area contributed by atoms with Gasteiger partial charge < -0.3 is 10.1 Å². The SMILES string of the molecule is Cc1ccc(NC(=O)[C@H](C)OC(=O)CCN2C(=O)[C@H]3CC=CC[C@H]3C2=O)cc1. The maximum absolute atomic E-state index is 12.4. The third kappa shape index (κ3) is 4.30. The Morgan fingerprint density at radius 1 is 1.11 bits per heavy atom. The highest BCUT2D eigenvalue weighted by atomic mass is 16.5. The molecule has 1 fully saturated rings. The number of carbonyl (C=O) groups is 4. The zero-order valence-electron chi connectivity index (χ0n) is 16.0. The normalized spacial score (nSPS) is 22.0. The number of benzene rings is 1. The lowest BCUT2D eigenvalue weighted by Gasteiger charge is -2.16. The van der Waals surface area contributed by atoms with E-state index >= 15 is 0 Å². The van der Waals surface area contributed by atoms with Crippen LogP contribution in [0.15, 0.2) is 36.4 Å². The summed E-state index contributed by atoms with van der Waals surface area (Å²) in [6, 6.07) is 7.26. The molecule has 1 aliphatic carbocycles. The van der Waals surface area contributed by atoms with E-state index in [0.29, 0.717) is 18.5 Å². The molecule has 0 spiro atoms. The molecular weight excluding hydrogens is 360 g/mol. The molecule has 2 aliphatic rings. The van der Waals surface area contributed by atoms with Crippen molar-refractivity contribution in [3.8, 4) is 0 Å². The van der Waals surface area contributed by atoms with Crippen LogP contribution in [0.1, 0.15) is 31.7 Å². The second kappa shape index (κ2) is 8.37. The summed E-state index contributed by atoms with van der Waals surface area (Å²) < 4.78 is 5.14. The van der Waals surface area contributed by atoms with Crippen LogP contribution in [-0.2, 0) is 23.9 Å². The number of ether oxygens (including phenoxy) is 1. The fraction of sp³-hybridized carbons (Fsp3) is 0.429. The highest BCUT2D eigenvalue weighted by Gasteiger charge is 2.47. The summed E-state index contributed by atoms with van der Waals surface area (Å²) in [5.74, 6) is -2.14. The standard InChI is InChI=1S/C21H24N2O5/c1-13-7-9-15(10-8-13)22-19(25)14(2)28-18(24)11-12-23-20(26)16-5-3-4-6-17(16)21(23)27/h3-4,7-10,14,16-17H,5-6,11-12H2,1-2H3,(H,22,25)/t14-,16-,17+/m0/s1. The topological polar surface area (TPSA) is 92.8 Å². The fourth-order valence-corrected chi connectivity index (χ4v) is 3.48. The molecule has 1 aromatic carbocycles. The van der Waals surface area contributed by atoms with Crippen molar-refractivity contribution in [3.63, 3.8) is 0 Å². The van der Waals surface area contributed by atoms with Crippen molar-refractivity contribution < 1.29 is 23.9 Å². The van der Waals surface area contributed by atoms with Gasteiger partial charge in [-0.3, -0.25) is 24.1 Å². The van der Waals surface area contributed by atoms with Crippen molar-refractivity contribution in [2.45, 2.75) is 39.2 Å². The van der Waals surface area contributed by atoms with E-state index in [4.69, 9.17) is 4.74 Å². The van der Waals surface area contributed by atoms with Crippen molar-refractivity contribution >= 4 is 29.4 Å². The van der Waals surface area contributed by atoms with Crippen LogP contribution in [-0.4, -0.2) is 41.2 Å². The summed E-state index contributed by atoms with van der Waals surface area (Å²) in [6.07, 6.45) is 3.84. The Hall–Kier alpha value is -2.96. The van der Waals surface area contributed by atoms with Gasteiger partial charge in [0.05, 0.1) is 18.3 Å². The van der Waals surface area contributed by atoms with Gasteiger partial charge in [-0.15, -0.1) is 0 Å². The lowest BCUT2D eigenvalue weighted by atomic mass is 9.85. The third-order valence-corrected chi connectivity index (χ3v) is 5.13. The van der Waals surface area contributed by atoms with E-state index in [1.54, 1.807) is 12.1 Å². The van der Waals surface area contributed by atoms with Crippen LogP contribution in [0.3, 0.4) is 0 Å². The quantitative estimate of drug-likeness (QED) is 0.461. The number of carbonyl (C=O) groups excluding carboxylic acids is 4. The Morgan fingerprint density at radius 3 is 2.25 bits per heavy atom. The molecule has 1 heterocycles. The zero-order chi connectivity index (χ0) is 20.3. The van der Waals surface area contributed by atoms with E-state index in [9.17, 15) is 19.2 Å². The minimum absolute atomic E-state index is 0.0181. The first kappa shape index (κ1) is 19.8. The number of anilines is 1. The number of allylic oxidation sites excluding steroid dienone is 2. The van der Waals surface area contributed by atoms with Gasteiger partial charge in [-0.1, -0.05) is 29.8 Å². The predicted molar refractivity (Wildman–Crippen MR) is 102 cm³/mol. The highest BCUT2D eigenvalue weighted by molar-refractivity contribution is 6.05. The Kier molecular flexibility index (Phi) is 5.92. The number of amides is 3. The number of imide groups is 1. The van der Waals surface area contributed by atoms with E-state index in [1.165, 1.54) is 6.92 Å². The number of hydrogen-bond donors (Lipinski definition) is 1. The summed E-state index contributed by atoms with van der Waals surface area (Å²) in [7, 11) is 0. The van der Waals surface area contributed by atoms with Crippen LogP contribution < -0.4 is 5.32 Å². The van der Waals surface area contributed by atoms with Crippen LogP contribution >= 0.6 is 0 Å². The Bertz CT molecular complexity index is 789. The molecule has 1 aliphatic heterocycles. The molecule has 0 bridgehead atoms. The van der Waals surface area contributed by atoms with Crippen LogP contribution in [0.5, 0.6) is 0 Å². The van der Waals surface area contributed by atoms with E-state index in [-0.39, 0.29) is 36.6 Å². The minimum Gasteiger partial charge on any atom is -0.452 e. The number of rotatable bonds is 6. The number of likely N-dealkylation sites (tertiary alicyclic amines) is 1. The molecule has 7 nitrogen and oxygen atoms in total. The third-order valence-electron chi connectivity index (χ3n) is 5.13. The fourth-order valence-electron chi connectivity index (χ4n) is 3.48. The second-order valence-electron chi connectivity index (χ2n) is 7.22. The Balaban J connectivity index is 1.47. The van der Waals surface area contributed by atoms with Gasteiger partial charge in [0, 0.05) is 12.2 Å². The molecule has 1 N–H and O–H groups in total. The minimum atomic E-state index is -0.981. The van der Waals surface area contributed by atoms with Crippen molar-refractivity contribution in [2.75, 3.05) is 11.9 Å². The van der Waals surface area contributed by atoms with Crippen molar-refractivity contribution in [1.82, 2.24) is 4.90 Å². The van der Waals surface area contributed by atoms with Gasteiger partial charge in [0.2, 0.25) is 11.8 Å². The molecular formula is C21H24N2O5. The van der Waals surface area contributed by atoms with E-state index in [2.05, 4.69) is 5.32 Å². The average Bonchev–Trinajstić information content (AvgIpc) is 2.92. The largest absolute Gasteiger partial charge is 0.452 e. The van der Waals surface area contributed by atoms with Crippen LogP contribution in [0.25, 0.3) is 0 Å². The molecule has 7 heteroatoms. The average molecular weight is 384 g/mol. The van der Waals surface area contributed by atoms with Crippen molar-refractivity contribution in [3.05, 3.63) is 42.0 Å². The zero-order valence-corrected chi connectivity index (χ0v) is 16.0. The molecule has 28 heavy (non-hydrogen) atoms. The number of nitrogens with one attached hydrogen (secondary N) is 1. The molecule has 148 valence electrons. The Labute approximate surface area is 163 Å². The predicted octanol–water partition coefficient (Wildman–Crippen LogP) is 2.21.